The summed E-state index contributed by atoms with van der Waals surface area (Å²) in [5.41, 5.74) is 3.27. The third-order valence-electron chi connectivity index (χ3n) is 5.19. The molecule has 0 bridgehead atoms. The fourth-order valence-electron chi connectivity index (χ4n) is 3.23. The minimum atomic E-state index is -3.71. The van der Waals surface area contributed by atoms with Gasteiger partial charge in [-0.25, -0.2) is 13.2 Å². The van der Waals surface area contributed by atoms with E-state index in [1.165, 1.54) is 0 Å². The van der Waals surface area contributed by atoms with E-state index in [0.29, 0.717) is 23.5 Å². The summed E-state index contributed by atoms with van der Waals surface area (Å²) in [6.45, 7) is 7.98. The van der Waals surface area contributed by atoms with E-state index in [9.17, 15) is 18.0 Å². The van der Waals surface area contributed by atoms with Crippen LogP contribution in [0.4, 0.5) is 11.4 Å². The predicted octanol–water partition coefficient (Wildman–Crippen LogP) is 4.44. The van der Waals surface area contributed by atoms with Gasteiger partial charge in [0.1, 0.15) is 6.04 Å². The van der Waals surface area contributed by atoms with Crippen LogP contribution in [-0.4, -0.2) is 39.2 Å². The summed E-state index contributed by atoms with van der Waals surface area (Å²) >= 11 is 0. The van der Waals surface area contributed by atoms with Crippen molar-refractivity contribution in [2.75, 3.05) is 22.5 Å². The van der Waals surface area contributed by atoms with E-state index in [-0.39, 0.29) is 6.42 Å². The molecule has 0 spiro atoms. The van der Waals surface area contributed by atoms with Gasteiger partial charge >= 0.3 is 5.97 Å². The Hall–Kier alpha value is -2.87. The Morgan fingerprint density at radius 3 is 2.22 bits per heavy atom. The fraction of sp³-hybridized carbons (Fsp3) is 0.417. The van der Waals surface area contributed by atoms with Crippen LogP contribution in [0.3, 0.4) is 0 Å². The molecule has 1 atom stereocenters. The van der Waals surface area contributed by atoms with Gasteiger partial charge in [0, 0.05) is 5.69 Å². The number of hydrogen-bond donors (Lipinski definition) is 1. The zero-order chi connectivity index (χ0) is 23.9. The lowest BCUT2D eigenvalue weighted by atomic mass is 10.1. The monoisotopic (exact) mass is 460 g/mol. The minimum absolute atomic E-state index is 0.285. The summed E-state index contributed by atoms with van der Waals surface area (Å²) in [6.07, 6.45) is 3.11. The Kier molecular flexibility index (Phi) is 8.83. The lowest BCUT2D eigenvalue weighted by Gasteiger charge is -2.30. The fourth-order valence-corrected chi connectivity index (χ4v) is 4.43. The smallest absolute Gasteiger partial charge is 0.338 e. The van der Waals surface area contributed by atoms with E-state index in [4.69, 9.17) is 4.74 Å². The van der Waals surface area contributed by atoms with E-state index in [0.717, 1.165) is 34.5 Å². The zero-order valence-corrected chi connectivity index (χ0v) is 20.2. The van der Waals surface area contributed by atoms with Crippen molar-refractivity contribution in [2.24, 2.45) is 0 Å². The summed E-state index contributed by atoms with van der Waals surface area (Å²) < 4.78 is 31.6. The third-order valence-corrected chi connectivity index (χ3v) is 6.37. The van der Waals surface area contributed by atoms with Crippen molar-refractivity contribution in [1.29, 1.82) is 0 Å². The topological polar surface area (TPSA) is 92.8 Å². The van der Waals surface area contributed by atoms with Gasteiger partial charge in [0.15, 0.2) is 0 Å². The number of hydrogen-bond acceptors (Lipinski definition) is 5. The summed E-state index contributed by atoms with van der Waals surface area (Å²) in [5, 5.41) is 2.76. The molecule has 7 nitrogen and oxygen atoms in total. The first-order valence-electron chi connectivity index (χ1n) is 10.7. The Bertz CT molecular complexity index is 1050. The van der Waals surface area contributed by atoms with E-state index < -0.39 is 27.9 Å². The quantitative estimate of drug-likeness (QED) is 0.418. The first kappa shape index (κ1) is 25.4. The summed E-state index contributed by atoms with van der Waals surface area (Å²) in [5.74, 6) is -0.866. The Labute approximate surface area is 190 Å². The molecule has 0 unspecified atom stereocenters. The predicted molar refractivity (Wildman–Crippen MR) is 128 cm³/mol. The molecule has 2 rings (SSSR count). The molecule has 0 saturated carbocycles. The maximum Gasteiger partial charge on any atom is 0.338 e. The van der Waals surface area contributed by atoms with Gasteiger partial charge in [-0.1, -0.05) is 26.3 Å². The number of ether oxygens (including phenoxy) is 1. The number of rotatable bonds is 10. The van der Waals surface area contributed by atoms with Gasteiger partial charge in [-0.15, -0.1) is 0 Å². The summed E-state index contributed by atoms with van der Waals surface area (Å²) in [4.78, 5) is 25.1. The molecule has 0 aliphatic rings. The second-order valence-electron chi connectivity index (χ2n) is 7.81. The number of benzene rings is 2. The lowest BCUT2D eigenvalue weighted by molar-refractivity contribution is -0.117. The molecule has 0 heterocycles. The van der Waals surface area contributed by atoms with Crippen LogP contribution in [-0.2, 0) is 19.6 Å². The summed E-state index contributed by atoms with van der Waals surface area (Å²) in [7, 11) is -3.71. The number of nitrogens with one attached hydrogen (secondary N) is 1. The Morgan fingerprint density at radius 1 is 1.03 bits per heavy atom. The molecule has 2 aromatic carbocycles. The van der Waals surface area contributed by atoms with E-state index in [1.807, 2.05) is 26.8 Å². The lowest BCUT2D eigenvalue weighted by Crippen LogP contribution is -2.47. The van der Waals surface area contributed by atoms with Crippen LogP contribution >= 0.6 is 0 Å². The zero-order valence-electron chi connectivity index (χ0n) is 19.3. The third kappa shape index (κ3) is 6.56. The van der Waals surface area contributed by atoms with Crippen LogP contribution in [0.5, 0.6) is 0 Å². The Balaban J connectivity index is 2.21. The highest BCUT2D eigenvalue weighted by Crippen LogP contribution is 2.25. The number of aryl methyl sites for hydroxylation is 2. The van der Waals surface area contributed by atoms with E-state index in [2.05, 4.69) is 5.32 Å². The largest absolute Gasteiger partial charge is 0.462 e. The van der Waals surface area contributed by atoms with Crippen LogP contribution in [0.15, 0.2) is 42.5 Å². The first-order valence-corrected chi connectivity index (χ1v) is 12.6. The molecule has 0 aliphatic carbocycles. The van der Waals surface area contributed by atoms with Crippen LogP contribution in [0, 0.1) is 13.8 Å². The van der Waals surface area contributed by atoms with Gasteiger partial charge in [0.2, 0.25) is 15.9 Å². The molecule has 0 aromatic heterocycles. The molecular formula is C24H32N2O5S. The van der Waals surface area contributed by atoms with Crippen LogP contribution in [0.1, 0.15) is 54.6 Å². The van der Waals surface area contributed by atoms with E-state index >= 15 is 0 Å². The number of unbranched alkanes of at least 4 members (excludes halogenated alkanes) is 1. The van der Waals surface area contributed by atoms with Gasteiger partial charge in [-0.05, 0) is 74.2 Å². The number of anilines is 2. The first-order chi connectivity index (χ1) is 15.1. The number of amides is 1. The number of esters is 1. The van der Waals surface area contributed by atoms with Crippen molar-refractivity contribution < 1.29 is 22.7 Å². The maximum absolute atomic E-state index is 13.0. The van der Waals surface area contributed by atoms with Crippen molar-refractivity contribution in [3.8, 4) is 0 Å². The van der Waals surface area contributed by atoms with Crippen molar-refractivity contribution >= 4 is 33.3 Å². The second-order valence-corrected chi connectivity index (χ2v) is 9.67. The molecule has 2 aromatic rings. The van der Waals surface area contributed by atoms with Crippen LogP contribution in [0.2, 0.25) is 0 Å². The van der Waals surface area contributed by atoms with Crippen LogP contribution in [0.25, 0.3) is 0 Å². The normalized spacial score (nSPS) is 12.2. The number of carbonyl (C=O) groups excluding carboxylic acids is 2. The molecule has 1 amide bonds. The van der Waals surface area contributed by atoms with Crippen molar-refractivity contribution in [1.82, 2.24) is 0 Å². The van der Waals surface area contributed by atoms with Crippen LogP contribution < -0.4 is 9.62 Å². The maximum atomic E-state index is 13.0. The van der Waals surface area contributed by atoms with Gasteiger partial charge in [0.05, 0.1) is 24.1 Å². The van der Waals surface area contributed by atoms with Crippen molar-refractivity contribution in [3.05, 3.63) is 59.2 Å². The molecule has 0 saturated heterocycles. The molecule has 0 aliphatic heterocycles. The highest BCUT2D eigenvalue weighted by molar-refractivity contribution is 7.92. The van der Waals surface area contributed by atoms with Gasteiger partial charge in [0.25, 0.3) is 0 Å². The standard InChI is InChI=1S/C24H32N2O5S/c1-6-8-15-31-24(28)19-10-12-20(13-11-19)25-23(27)22(7-2)26(32(5,29)30)21-14-9-17(3)18(4)16-21/h9-14,16,22H,6-8,15H2,1-5H3,(H,25,27)/t22-/m1/s1. The minimum Gasteiger partial charge on any atom is -0.462 e. The molecule has 174 valence electrons. The molecule has 32 heavy (non-hydrogen) atoms. The number of nitrogens with zero attached hydrogens (tertiary/aromatic N) is 1. The highest BCUT2D eigenvalue weighted by atomic mass is 32.2. The van der Waals surface area contributed by atoms with Crippen molar-refractivity contribution in [3.63, 3.8) is 0 Å². The molecular weight excluding hydrogens is 428 g/mol. The van der Waals surface area contributed by atoms with E-state index in [1.54, 1.807) is 43.3 Å². The second kappa shape index (κ2) is 11.1. The van der Waals surface area contributed by atoms with Gasteiger partial charge in [-0.3, -0.25) is 9.10 Å². The average molecular weight is 461 g/mol. The van der Waals surface area contributed by atoms with Gasteiger partial charge in [-0.2, -0.15) is 0 Å². The number of carbonyl (C=O) groups is 2. The highest BCUT2D eigenvalue weighted by Gasteiger charge is 2.31. The van der Waals surface area contributed by atoms with Gasteiger partial charge < -0.3 is 10.1 Å². The number of sulfonamides is 1. The summed E-state index contributed by atoms with van der Waals surface area (Å²) in [6, 6.07) is 10.7. The Morgan fingerprint density at radius 2 is 1.69 bits per heavy atom. The molecule has 1 N–H and O–H groups in total. The van der Waals surface area contributed by atoms with Crippen molar-refractivity contribution in [2.45, 2.75) is 53.0 Å². The molecule has 0 radical (unpaired) electrons. The molecule has 8 heteroatoms. The SMILES string of the molecule is CCCCOC(=O)c1ccc(NC(=O)[C@@H](CC)N(c2ccc(C)c(C)c2)S(C)(=O)=O)cc1. The average Bonchev–Trinajstić information content (AvgIpc) is 2.73. The molecule has 0 fully saturated rings.